The molecule has 2 amide bonds. The van der Waals surface area contributed by atoms with Crippen LogP contribution in [0.5, 0.6) is 0 Å². The van der Waals surface area contributed by atoms with E-state index in [0.717, 1.165) is 25.9 Å². The fourth-order valence-electron chi connectivity index (χ4n) is 2.33. The Morgan fingerprint density at radius 3 is 2.79 bits per heavy atom. The van der Waals surface area contributed by atoms with Crippen LogP contribution in [0.1, 0.15) is 36.3 Å². The largest absolute Gasteiger partial charge is 0.368 e. The van der Waals surface area contributed by atoms with E-state index >= 15 is 0 Å². The van der Waals surface area contributed by atoms with Gasteiger partial charge in [-0.1, -0.05) is 0 Å². The van der Waals surface area contributed by atoms with Gasteiger partial charge in [-0.2, -0.15) is 0 Å². The van der Waals surface area contributed by atoms with Crippen molar-refractivity contribution in [2.45, 2.75) is 31.8 Å². The summed E-state index contributed by atoms with van der Waals surface area (Å²) in [5.41, 5.74) is 5.73. The van der Waals surface area contributed by atoms with E-state index in [1.165, 1.54) is 0 Å². The Labute approximate surface area is 112 Å². The van der Waals surface area contributed by atoms with E-state index in [-0.39, 0.29) is 5.91 Å². The Hall–Kier alpha value is -1.82. The number of hydrogen-bond donors (Lipinski definition) is 3. The summed E-state index contributed by atoms with van der Waals surface area (Å²) in [4.78, 5) is 23.1. The number of nitrogens with two attached hydrogens (primary N) is 1. The van der Waals surface area contributed by atoms with Crippen molar-refractivity contribution in [1.82, 2.24) is 15.2 Å². The molecule has 104 valence electrons. The summed E-state index contributed by atoms with van der Waals surface area (Å²) in [5, 5.41) is 5.91. The van der Waals surface area contributed by atoms with Gasteiger partial charge < -0.3 is 20.9 Å². The lowest BCUT2D eigenvalue weighted by atomic mass is 10.1. The number of carbonyl (C=O) groups is 2. The monoisotopic (exact) mass is 264 g/mol. The van der Waals surface area contributed by atoms with Gasteiger partial charge >= 0.3 is 0 Å². The van der Waals surface area contributed by atoms with Crippen molar-refractivity contribution in [3.05, 3.63) is 24.0 Å². The van der Waals surface area contributed by atoms with E-state index in [9.17, 15) is 9.59 Å². The molecule has 0 saturated carbocycles. The lowest BCUT2D eigenvalue weighted by Gasteiger charge is -2.26. The highest BCUT2D eigenvalue weighted by Crippen LogP contribution is 2.21. The average Bonchev–Trinajstić information content (AvgIpc) is 2.88. The fraction of sp³-hybridized carbons (Fsp3) is 0.538. The zero-order valence-corrected chi connectivity index (χ0v) is 11.1. The number of aromatic nitrogens is 1. The van der Waals surface area contributed by atoms with Gasteiger partial charge in [-0.25, -0.2) is 0 Å². The van der Waals surface area contributed by atoms with E-state index in [2.05, 4.69) is 10.6 Å². The normalized spacial score (nSPS) is 17.9. The minimum atomic E-state index is -0.663. The van der Waals surface area contributed by atoms with Gasteiger partial charge in [0.1, 0.15) is 11.7 Å². The van der Waals surface area contributed by atoms with Gasteiger partial charge in [0.25, 0.3) is 5.91 Å². The van der Waals surface area contributed by atoms with Crippen LogP contribution in [-0.2, 0) is 4.79 Å². The number of amides is 2. The fourth-order valence-corrected chi connectivity index (χ4v) is 2.33. The summed E-state index contributed by atoms with van der Waals surface area (Å²) >= 11 is 0. The van der Waals surface area contributed by atoms with Crippen LogP contribution in [0.2, 0.25) is 0 Å². The lowest BCUT2D eigenvalue weighted by Crippen LogP contribution is -2.43. The van der Waals surface area contributed by atoms with Crippen LogP contribution in [0.3, 0.4) is 0 Å². The first-order chi connectivity index (χ1) is 9.09. The van der Waals surface area contributed by atoms with E-state index in [0.29, 0.717) is 11.7 Å². The number of rotatable bonds is 4. The van der Waals surface area contributed by atoms with Gasteiger partial charge in [-0.15, -0.1) is 0 Å². The van der Waals surface area contributed by atoms with Gasteiger partial charge in [-0.05, 0) is 45.0 Å². The number of carbonyl (C=O) groups excluding carboxylic acids is 2. The van der Waals surface area contributed by atoms with E-state index in [1.807, 2.05) is 16.8 Å². The van der Waals surface area contributed by atoms with Crippen molar-refractivity contribution in [2.75, 3.05) is 13.1 Å². The van der Waals surface area contributed by atoms with Gasteiger partial charge in [0.05, 0.1) is 0 Å². The summed E-state index contributed by atoms with van der Waals surface area (Å²) in [6.07, 6.45) is 3.92. The van der Waals surface area contributed by atoms with Gasteiger partial charge in [-0.3, -0.25) is 9.59 Å². The molecule has 1 saturated heterocycles. The molecule has 2 heterocycles. The first-order valence-corrected chi connectivity index (χ1v) is 6.57. The van der Waals surface area contributed by atoms with Crippen LogP contribution in [-0.4, -0.2) is 35.5 Å². The highest BCUT2D eigenvalue weighted by Gasteiger charge is 2.21. The number of hydrogen-bond acceptors (Lipinski definition) is 3. The molecule has 0 radical (unpaired) electrons. The second kappa shape index (κ2) is 5.88. The molecular formula is C13H20N4O2. The molecule has 6 heteroatoms. The number of primary amides is 1. The Morgan fingerprint density at radius 2 is 2.16 bits per heavy atom. The van der Waals surface area contributed by atoms with Crippen molar-refractivity contribution in [3.8, 4) is 0 Å². The summed E-state index contributed by atoms with van der Waals surface area (Å²) in [6.45, 7) is 3.50. The summed E-state index contributed by atoms with van der Waals surface area (Å²) in [6, 6.07) is 3.29. The number of nitrogens with zero attached hydrogens (tertiary/aromatic N) is 1. The average molecular weight is 264 g/mol. The maximum Gasteiger partial charge on any atom is 0.268 e. The molecular weight excluding hydrogens is 244 g/mol. The minimum absolute atomic E-state index is 0.255. The molecule has 1 aliphatic heterocycles. The topological polar surface area (TPSA) is 89.2 Å². The maximum absolute atomic E-state index is 12.1. The van der Waals surface area contributed by atoms with Crippen molar-refractivity contribution < 1.29 is 9.59 Å². The Bertz CT molecular complexity index is 463. The minimum Gasteiger partial charge on any atom is -0.368 e. The van der Waals surface area contributed by atoms with Crippen molar-refractivity contribution >= 4 is 11.8 Å². The quantitative estimate of drug-likeness (QED) is 0.716. The van der Waals surface area contributed by atoms with Crippen LogP contribution >= 0.6 is 0 Å². The maximum atomic E-state index is 12.1. The molecule has 1 unspecified atom stereocenters. The predicted octanol–water partition coefficient (Wildman–Crippen LogP) is 0.0162. The van der Waals surface area contributed by atoms with E-state index in [1.54, 1.807) is 13.0 Å². The van der Waals surface area contributed by atoms with Gasteiger partial charge in [0, 0.05) is 12.2 Å². The van der Waals surface area contributed by atoms with Crippen molar-refractivity contribution in [1.29, 1.82) is 0 Å². The van der Waals surface area contributed by atoms with Crippen molar-refractivity contribution in [3.63, 3.8) is 0 Å². The zero-order chi connectivity index (χ0) is 13.8. The molecule has 0 aliphatic carbocycles. The zero-order valence-electron chi connectivity index (χ0n) is 11.1. The molecule has 1 atom stereocenters. The summed E-state index contributed by atoms with van der Waals surface area (Å²) in [5.74, 6) is -0.789. The Balaban J connectivity index is 2.10. The third-order valence-electron chi connectivity index (χ3n) is 3.49. The number of nitrogens with one attached hydrogen (secondary N) is 2. The summed E-state index contributed by atoms with van der Waals surface area (Å²) < 4.78 is 1.99. The highest BCUT2D eigenvalue weighted by atomic mass is 16.2. The molecule has 4 N–H and O–H groups in total. The molecule has 6 nitrogen and oxygen atoms in total. The first kappa shape index (κ1) is 13.6. The molecule has 1 fully saturated rings. The number of piperidine rings is 1. The van der Waals surface area contributed by atoms with E-state index < -0.39 is 11.9 Å². The van der Waals surface area contributed by atoms with Crippen LogP contribution < -0.4 is 16.4 Å². The van der Waals surface area contributed by atoms with Crippen LogP contribution in [0.15, 0.2) is 18.3 Å². The van der Waals surface area contributed by atoms with Gasteiger partial charge in [0.15, 0.2) is 0 Å². The van der Waals surface area contributed by atoms with Crippen LogP contribution in [0.4, 0.5) is 0 Å². The van der Waals surface area contributed by atoms with Gasteiger partial charge in [0.2, 0.25) is 5.91 Å². The lowest BCUT2D eigenvalue weighted by molar-refractivity contribution is -0.119. The highest BCUT2D eigenvalue weighted by molar-refractivity contribution is 5.96. The molecule has 0 bridgehead atoms. The third kappa shape index (κ3) is 3.14. The molecule has 1 aliphatic rings. The van der Waals surface area contributed by atoms with Crippen LogP contribution in [0, 0.1) is 0 Å². The van der Waals surface area contributed by atoms with E-state index in [4.69, 9.17) is 5.73 Å². The second-order valence-electron chi connectivity index (χ2n) is 4.88. The smallest absolute Gasteiger partial charge is 0.268 e. The third-order valence-corrected chi connectivity index (χ3v) is 3.49. The SMILES string of the molecule is CC(NC(=O)c1cccn1C1CCNCC1)C(N)=O. The predicted molar refractivity (Wildman–Crippen MR) is 71.7 cm³/mol. The molecule has 0 aromatic carbocycles. The Morgan fingerprint density at radius 1 is 1.47 bits per heavy atom. The molecule has 19 heavy (non-hydrogen) atoms. The Kier molecular flexibility index (Phi) is 4.21. The summed E-state index contributed by atoms with van der Waals surface area (Å²) in [7, 11) is 0. The molecule has 2 rings (SSSR count). The standard InChI is InChI=1S/C13H20N4O2/c1-9(12(14)18)16-13(19)11-3-2-8-17(11)10-4-6-15-7-5-10/h2-3,8-10,15H,4-7H2,1H3,(H2,14,18)(H,16,19). The van der Waals surface area contributed by atoms with Crippen LogP contribution in [0.25, 0.3) is 0 Å². The second-order valence-corrected chi connectivity index (χ2v) is 4.88. The molecule has 1 aromatic heterocycles. The molecule has 0 spiro atoms. The molecule has 1 aromatic rings. The first-order valence-electron chi connectivity index (χ1n) is 6.57. The van der Waals surface area contributed by atoms with Crippen molar-refractivity contribution in [2.24, 2.45) is 5.73 Å².